The number of rotatable bonds is 3. The molecular formula is C15H20ClN3. The molecule has 2 heterocycles. The van der Waals surface area contributed by atoms with Crippen LogP contribution in [0.15, 0.2) is 18.2 Å². The number of halogens is 1. The zero-order valence-corrected chi connectivity index (χ0v) is 12.2. The Morgan fingerprint density at radius 2 is 2.26 bits per heavy atom. The van der Waals surface area contributed by atoms with E-state index in [-0.39, 0.29) is 0 Å². The molecule has 2 atom stereocenters. The van der Waals surface area contributed by atoms with Gasteiger partial charge >= 0.3 is 0 Å². The van der Waals surface area contributed by atoms with Crippen LogP contribution in [0.3, 0.4) is 0 Å². The van der Waals surface area contributed by atoms with Crippen molar-refractivity contribution in [2.45, 2.75) is 32.7 Å². The predicted octanol–water partition coefficient (Wildman–Crippen LogP) is 3.42. The number of aromatic nitrogens is 2. The van der Waals surface area contributed by atoms with Gasteiger partial charge in [0.1, 0.15) is 5.82 Å². The van der Waals surface area contributed by atoms with Crippen LogP contribution < -0.4 is 5.32 Å². The van der Waals surface area contributed by atoms with Crippen molar-refractivity contribution in [3.05, 3.63) is 29.0 Å². The van der Waals surface area contributed by atoms with Crippen LogP contribution in [0.2, 0.25) is 5.02 Å². The summed E-state index contributed by atoms with van der Waals surface area (Å²) >= 11 is 6.38. The molecule has 102 valence electrons. The van der Waals surface area contributed by atoms with Crippen molar-refractivity contribution >= 4 is 22.6 Å². The number of benzene rings is 1. The molecule has 1 aliphatic rings. The van der Waals surface area contributed by atoms with E-state index in [0.717, 1.165) is 42.1 Å². The Morgan fingerprint density at radius 3 is 2.95 bits per heavy atom. The maximum atomic E-state index is 6.38. The second-order valence-corrected chi connectivity index (χ2v) is 5.88. The van der Waals surface area contributed by atoms with E-state index in [9.17, 15) is 0 Å². The molecule has 1 aromatic heterocycles. The molecule has 1 aliphatic heterocycles. The molecule has 0 amide bonds. The third kappa shape index (κ3) is 2.15. The van der Waals surface area contributed by atoms with E-state index in [1.807, 2.05) is 12.1 Å². The Bertz CT molecular complexity index is 590. The van der Waals surface area contributed by atoms with Crippen molar-refractivity contribution in [2.75, 3.05) is 13.1 Å². The average Bonchev–Trinajstić information content (AvgIpc) is 2.95. The van der Waals surface area contributed by atoms with Gasteiger partial charge < -0.3 is 9.88 Å². The maximum absolute atomic E-state index is 6.38. The zero-order chi connectivity index (χ0) is 13.4. The Morgan fingerprint density at radius 1 is 1.42 bits per heavy atom. The molecule has 0 radical (unpaired) electrons. The molecule has 19 heavy (non-hydrogen) atoms. The summed E-state index contributed by atoms with van der Waals surface area (Å²) in [5.41, 5.74) is 2.12. The minimum absolute atomic E-state index is 0.495. The highest BCUT2D eigenvalue weighted by Crippen LogP contribution is 2.32. The lowest BCUT2D eigenvalue weighted by Gasteiger charge is -2.16. The first kappa shape index (κ1) is 12.9. The highest BCUT2D eigenvalue weighted by atomic mass is 35.5. The van der Waals surface area contributed by atoms with Crippen LogP contribution in [0.25, 0.3) is 11.0 Å². The Hall–Kier alpha value is -1.06. The fourth-order valence-corrected chi connectivity index (χ4v) is 3.32. The van der Waals surface area contributed by atoms with Gasteiger partial charge in [-0.2, -0.15) is 0 Å². The molecule has 3 rings (SSSR count). The normalized spacial score (nSPS) is 23.3. The third-order valence-corrected chi connectivity index (χ3v) is 4.35. The van der Waals surface area contributed by atoms with Gasteiger partial charge in [0.2, 0.25) is 0 Å². The quantitative estimate of drug-likeness (QED) is 0.932. The monoisotopic (exact) mass is 277 g/mol. The lowest BCUT2D eigenvalue weighted by atomic mass is 9.97. The van der Waals surface area contributed by atoms with Gasteiger partial charge in [-0.1, -0.05) is 31.5 Å². The van der Waals surface area contributed by atoms with Crippen LogP contribution in [0.1, 0.15) is 32.0 Å². The van der Waals surface area contributed by atoms with Gasteiger partial charge in [0.15, 0.2) is 0 Å². The molecule has 0 spiro atoms. The molecule has 1 fully saturated rings. The number of hydrogen-bond acceptors (Lipinski definition) is 2. The number of para-hydroxylation sites is 1. The Balaban J connectivity index is 2.17. The summed E-state index contributed by atoms with van der Waals surface area (Å²) < 4.78 is 2.33. The highest BCUT2D eigenvalue weighted by molar-refractivity contribution is 6.35. The zero-order valence-electron chi connectivity index (χ0n) is 11.5. The molecule has 1 N–H and O–H groups in total. The van der Waals surface area contributed by atoms with Crippen LogP contribution in [0.5, 0.6) is 0 Å². The summed E-state index contributed by atoms with van der Waals surface area (Å²) in [6.07, 6.45) is 1.10. The molecule has 0 saturated carbocycles. The van der Waals surface area contributed by atoms with E-state index in [0.29, 0.717) is 11.8 Å². The average molecular weight is 278 g/mol. The van der Waals surface area contributed by atoms with Crippen LogP contribution in [0, 0.1) is 5.92 Å². The SMILES string of the molecule is CCCn1c([C@@H]2CNC[C@H]2C)nc2cccc(Cl)c21. The number of aryl methyl sites for hydroxylation is 1. The second kappa shape index (κ2) is 5.14. The summed E-state index contributed by atoms with van der Waals surface area (Å²) in [5.74, 6) is 2.32. The van der Waals surface area contributed by atoms with Crippen LogP contribution in [0.4, 0.5) is 0 Å². The van der Waals surface area contributed by atoms with Crippen molar-refractivity contribution in [1.29, 1.82) is 0 Å². The summed E-state index contributed by atoms with van der Waals surface area (Å²) in [5, 5.41) is 4.27. The minimum atomic E-state index is 0.495. The van der Waals surface area contributed by atoms with Gasteiger partial charge in [0.05, 0.1) is 16.1 Å². The second-order valence-electron chi connectivity index (χ2n) is 5.47. The first-order chi connectivity index (χ1) is 9.22. The van der Waals surface area contributed by atoms with Crippen LogP contribution >= 0.6 is 11.6 Å². The molecule has 1 saturated heterocycles. The van der Waals surface area contributed by atoms with Gasteiger partial charge in [0, 0.05) is 19.0 Å². The molecular weight excluding hydrogens is 258 g/mol. The first-order valence-electron chi connectivity index (χ1n) is 7.07. The minimum Gasteiger partial charge on any atom is -0.326 e. The number of hydrogen-bond donors (Lipinski definition) is 1. The van der Waals surface area contributed by atoms with Crippen molar-refractivity contribution in [3.8, 4) is 0 Å². The van der Waals surface area contributed by atoms with Crippen molar-refractivity contribution in [3.63, 3.8) is 0 Å². The lowest BCUT2D eigenvalue weighted by Crippen LogP contribution is -2.15. The molecule has 2 aromatic rings. The molecule has 3 nitrogen and oxygen atoms in total. The van der Waals surface area contributed by atoms with Gasteiger partial charge in [-0.05, 0) is 31.0 Å². The smallest absolute Gasteiger partial charge is 0.114 e. The standard InChI is InChI=1S/C15H20ClN3/c1-3-7-19-14-12(16)5-4-6-13(14)18-15(19)11-9-17-8-10(11)2/h4-6,10-11,17H,3,7-9H2,1-2H3/t10-,11-/m1/s1. The van der Waals surface area contributed by atoms with Crippen molar-refractivity contribution in [2.24, 2.45) is 5.92 Å². The molecule has 1 aromatic carbocycles. The predicted molar refractivity (Wildman–Crippen MR) is 79.8 cm³/mol. The summed E-state index contributed by atoms with van der Waals surface area (Å²) in [7, 11) is 0. The number of imidazole rings is 1. The largest absolute Gasteiger partial charge is 0.326 e. The maximum Gasteiger partial charge on any atom is 0.114 e. The van der Waals surface area contributed by atoms with E-state index in [1.165, 1.54) is 5.82 Å². The fraction of sp³-hybridized carbons (Fsp3) is 0.533. The fourth-order valence-electron chi connectivity index (χ4n) is 3.05. The number of nitrogens with one attached hydrogen (secondary N) is 1. The summed E-state index contributed by atoms with van der Waals surface area (Å²) in [6.45, 7) is 7.57. The van der Waals surface area contributed by atoms with Gasteiger partial charge in [0.25, 0.3) is 0 Å². The van der Waals surface area contributed by atoms with Crippen LogP contribution in [-0.4, -0.2) is 22.6 Å². The van der Waals surface area contributed by atoms with Gasteiger partial charge in [-0.15, -0.1) is 0 Å². The van der Waals surface area contributed by atoms with E-state index in [1.54, 1.807) is 0 Å². The lowest BCUT2D eigenvalue weighted by molar-refractivity contribution is 0.514. The summed E-state index contributed by atoms with van der Waals surface area (Å²) in [6, 6.07) is 6.00. The van der Waals surface area contributed by atoms with Crippen molar-refractivity contribution in [1.82, 2.24) is 14.9 Å². The highest BCUT2D eigenvalue weighted by Gasteiger charge is 2.29. The van der Waals surface area contributed by atoms with Gasteiger partial charge in [-0.3, -0.25) is 0 Å². The number of fused-ring (bicyclic) bond motifs is 1. The summed E-state index contributed by atoms with van der Waals surface area (Å²) in [4.78, 5) is 4.86. The van der Waals surface area contributed by atoms with Gasteiger partial charge in [-0.25, -0.2) is 4.98 Å². The van der Waals surface area contributed by atoms with E-state index < -0.39 is 0 Å². The van der Waals surface area contributed by atoms with E-state index >= 15 is 0 Å². The topological polar surface area (TPSA) is 29.9 Å². The molecule has 4 heteroatoms. The molecule has 0 unspecified atom stereocenters. The first-order valence-corrected chi connectivity index (χ1v) is 7.45. The Labute approximate surface area is 119 Å². The van der Waals surface area contributed by atoms with E-state index in [2.05, 4.69) is 29.8 Å². The van der Waals surface area contributed by atoms with E-state index in [4.69, 9.17) is 16.6 Å². The molecule has 0 aliphatic carbocycles. The third-order valence-electron chi connectivity index (χ3n) is 4.04. The van der Waals surface area contributed by atoms with Crippen LogP contribution in [-0.2, 0) is 6.54 Å². The molecule has 0 bridgehead atoms. The Kier molecular flexibility index (Phi) is 3.50. The van der Waals surface area contributed by atoms with Crippen molar-refractivity contribution < 1.29 is 0 Å². The number of nitrogens with zero attached hydrogens (tertiary/aromatic N) is 2.